The molecule has 2 rings (SSSR count). The van der Waals surface area contributed by atoms with E-state index in [2.05, 4.69) is 39.4 Å². The van der Waals surface area contributed by atoms with Crippen molar-refractivity contribution >= 4 is 41.5 Å². The predicted molar refractivity (Wildman–Crippen MR) is 117 cm³/mol. The summed E-state index contributed by atoms with van der Waals surface area (Å²) in [6.07, 6.45) is 4.07. The van der Waals surface area contributed by atoms with E-state index < -0.39 is 0 Å². The summed E-state index contributed by atoms with van der Waals surface area (Å²) in [6.45, 7) is 9.92. The summed E-state index contributed by atoms with van der Waals surface area (Å²) in [4.78, 5) is 10.9. The minimum absolute atomic E-state index is 0. The number of hydrogen-bond acceptors (Lipinski definition) is 3. The molecule has 1 aliphatic heterocycles. The largest absolute Gasteiger partial charge is 0.356 e. The molecule has 7 heteroatoms. The highest BCUT2D eigenvalue weighted by Crippen LogP contribution is 2.20. The number of guanidine groups is 1. The first kappa shape index (κ1) is 22.4. The summed E-state index contributed by atoms with van der Waals surface area (Å²) in [5.41, 5.74) is 1.17. The van der Waals surface area contributed by atoms with E-state index in [1.54, 1.807) is 0 Å². The Hall–Kier alpha value is -0.600. The van der Waals surface area contributed by atoms with Gasteiger partial charge in [-0.15, -0.1) is 24.0 Å². The first-order valence-corrected chi connectivity index (χ1v) is 9.22. The van der Waals surface area contributed by atoms with Crippen LogP contribution in [0.1, 0.15) is 25.8 Å². The number of pyridine rings is 1. The quantitative estimate of drug-likeness (QED) is 0.285. The number of nitrogens with zero attached hydrogens (tertiary/aromatic N) is 3. The van der Waals surface area contributed by atoms with Gasteiger partial charge in [0.15, 0.2) is 5.96 Å². The Labute approximate surface area is 174 Å². The van der Waals surface area contributed by atoms with Gasteiger partial charge in [-0.3, -0.25) is 4.99 Å². The molecule has 2 heterocycles. The summed E-state index contributed by atoms with van der Waals surface area (Å²) < 4.78 is 0. The molecule has 0 bridgehead atoms. The van der Waals surface area contributed by atoms with Crippen molar-refractivity contribution in [3.05, 3.63) is 29.0 Å². The van der Waals surface area contributed by atoms with E-state index in [0.29, 0.717) is 5.15 Å². The average molecular weight is 480 g/mol. The van der Waals surface area contributed by atoms with Crippen LogP contribution < -0.4 is 10.6 Å². The minimum Gasteiger partial charge on any atom is -0.356 e. The highest BCUT2D eigenvalue weighted by Gasteiger charge is 2.21. The molecule has 1 saturated heterocycles. The van der Waals surface area contributed by atoms with E-state index in [9.17, 15) is 0 Å². The summed E-state index contributed by atoms with van der Waals surface area (Å²) in [6, 6.07) is 3.83. The number of aliphatic imine (C=N–C) groups is 1. The van der Waals surface area contributed by atoms with E-state index in [4.69, 9.17) is 11.6 Å². The normalized spacial score (nSPS) is 21.5. The fourth-order valence-electron chi connectivity index (χ4n) is 3.41. The Morgan fingerprint density at radius 1 is 1.24 bits per heavy atom. The maximum atomic E-state index is 5.80. The Bertz CT molecular complexity index is 513. The number of piperidine rings is 1. The van der Waals surface area contributed by atoms with Gasteiger partial charge in [0.05, 0.1) is 0 Å². The van der Waals surface area contributed by atoms with Gasteiger partial charge in [-0.05, 0) is 36.3 Å². The van der Waals surface area contributed by atoms with Crippen LogP contribution in [0, 0.1) is 11.8 Å². The molecule has 0 aliphatic carbocycles. The third-order valence-corrected chi connectivity index (χ3v) is 4.61. The Morgan fingerprint density at radius 3 is 2.52 bits per heavy atom. The van der Waals surface area contributed by atoms with Gasteiger partial charge in [0, 0.05) is 46.0 Å². The third kappa shape index (κ3) is 8.55. The lowest BCUT2D eigenvalue weighted by atomic mass is 9.92. The van der Waals surface area contributed by atoms with Crippen molar-refractivity contribution in [1.29, 1.82) is 0 Å². The molecule has 5 nitrogen and oxygen atoms in total. The topological polar surface area (TPSA) is 52.6 Å². The van der Waals surface area contributed by atoms with Gasteiger partial charge < -0.3 is 15.5 Å². The molecule has 2 unspecified atom stereocenters. The number of nitrogens with one attached hydrogen (secondary N) is 2. The van der Waals surface area contributed by atoms with E-state index in [1.165, 1.54) is 25.1 Å². The first-order chi connectivity index (χ1) is 11.6. The number of aromatic nitrogens is 1. The van der Waals surface area contributed by atoms with Crippen LogP contribution in [0.25, 0.3) is 0 Å². The molecule has 2 N–H and O–H groups in total. The van der Waals surface area contributed by atoms with Gasteiger partial charge in [0.1, 0.15) is 5.15 Å². The van der Waals surface area contributed by atoms with Gasteiger partial charge in [-0.2, -0.15) is 0 Å². The predicted octanol–water partition coefficient (Wildman–Crippen LogP) is 3.04. The van der Waals surface area contributed by atoms with Gasteiger partial charge >= 0.3 is 0 Å². The molecule has 0 saturated carbocycles. The fraction of sp³-hybridized carbons (Fsp3) is 0.667. The average Bonchev–Trinajstić information content (AvgIpc) is 2.54. The monoisotopic (exact) mass is 479 g/mol. The Morgan fingerprint density at radius 2 is 1.92 bits per heavy atom. The first-order valence-electron chi connectivity index (χ1n) is 8.84. The zero-order valence-electron chi connectivity index (χ0n) is 15.5. The van der Waals surface area contributed by atoms with Crippen molar-refractivity contribution < 1.29 is 0 Å². The highest BCUT2D eigenvalue weighted by molar-refractivity contribution is 14.0. The number of halogens is 2. The van der Waals surface area contributed by atoms with Crippen molar-refractivity contribution in [1.82, 2.24) is 20.5 Å². The molecule has 1 aromatic heterocycles. The van der Waals surface area contributed by atoms with Crippen molar-refractivity contribution in [2.75, 3.05) is 39.8 Å². The van der Waals surface area contributed by atoms with E-state index in [1.807, 2.05) is 25.4 Å². The summed E-state index contributed by atoms with van der Waals surface area (Å²) in [5, 5.41) is 7.28. The van der Waals surface area contributed by atoms with Crippen molar-refractivity contribution in [2.24, 2.45) is 16.8 Å². The lowest BCUT2D eigenvalue weighted by molar-refractivity contribution is 0.143. The molecular weight excluding hydrogens is 449 g/mol. The molecule has 1 aliphatic rings. The maximum absolute atomic E-state index is 5.80. The molecule has 0 spiro atoms. The van der Waals surface area contributed by atoms with Crippen LogP contribution in [0.15, 0.2) is 23.3 Å². The van der Waals surface area contributed by atoms with E-state index in [-0.39, 0.29) is 24.0 Å². The number of rotatable bonds is 6. The molecule has 1 aromatic rings. The Kier molecular flexibility index (Phi) is 10.7. The second kappa shape index (κ2) is 11.9. The molecule has 1 fully saturated rings. The standard InChI is InChI=1S/C18H30ClN5.HI/c1-14-10-15(2)13-24(12-14)9-8-22-18(20-3)21-7-6-16-4-5-17(19)23-11-16;/h4-5,11,14-15H,6-10,12-13H2,1-3H3,(H2,20,21,22);1H. The van der Waals surface area contributed by atoms with Crippen molar-refractivity contribution in [3.63, 3.8) is 0 Å². The SMILES string of the molecule is CN=C(NCCc1ccc(Cl)nc1)NCCN1CC(C)CC(C)C1.I. The smallest absolute Gasteiger partial charge is 0.191 e. The molecular formula is C18H31ClIN5. The van der Waals surface area contributed by atoms with Crippen LogP contribution >= 0.6 is 35.6 Å². The van der Waals surface area contributed by atoms with E-state index >= 15 is 0 Å². The fourth-order valence-corrected chi connectivity index (χ4v) is 3.52. The molecule has 0 aromatic carbocycles. The summed E-state index contributed by atoms with van der Waals surface area (Å²) in [7, 11) is 1.81. The highest BCUT2D eigenvalue weighted by atomic mass is 127. The van der Waals surface area contributed by atoms with Crippen molar-refractivity contribution in [2.45, 2.75) is 26.7 Å². The van der Waals surface area contributed by atoms with Crippen LogP contribution in [0.5, 0.6) is 0 Å². The van der Waals surface area contributed by atoms with Crippen LogP contribution in [0.4, 0.5) is 0 Å². The second-order valence-corrected chi connectivity index (χ2v) is 7.26. The third-order valence-electron chi connectivity index (χ3n) is 4.38. The van der Waals surface area contributed by atoms with Crippen LogP contribution in [-0.4, -0.2) is 55.6 Å². The van der Waals surface area contributed by atoms with E-state index in [0.717, 1.165) is 43.9 Å². The summed E-state index contributed by atoms with van der Waals surface area (Å²) in [5.74, 6) is 2.47. The van der Waals surface area contributed by atoms with Gasteiger partial charge in [0.2, 0.25) is 0 Å². The second-order valence-electron chi connectivity index (χ2n) is 6.87. The number of likely N-dealkylation sites (tertiary alicyclic amines) is 1. The zero-order chi connectivity index (χ0) is 17.4. The van der Waals surface area contributed by atoms with Crippen LogP contribution in [0.2, 0.25) is 5.15 Å². The molecule has 0 radical (unpaired) electrons. The lowest BCUT2D eigenvalue weighted by Crippen LogP contribution is -2.45. The molecule has 2 atom stereocenters. The maximum Gasteiger partial charge on any atom is 0.191 e. The van der Waals surface area contributed by atoms with Crippen molar-refractivity contribution in [3.8, 4) is 0 Å². The van der Waals surface area contributed by atoms with Gasteiger partial charge in [-0.25, -0.2) is 4.98 Å². The van der Waals surface area contributed by atoms with Crippen LogP contribution in [0.3, 0.4) is 0 Å². The Balaban J connectivity index is 0.00000312. The molecule has 25 heavy (non-hydrogen) atoms. The number of hydrogen-bond donors (Lipinski definition) is 2. The lowest BCUT2D eigenvalue weighted by Gasteiger charge is -2.35. The van der Waals surface area contributed by atoms with Gasteiger partial charge in [-0.1, -0.05) is 31.5 Å². The zero-order valence-corrected chi connectivity index (χ0v) is 18.6. The van der Waals surface area contributed by atoms with Crippen LogP contribution in [-0.2, 0) is 6.42 Å². The van der Waals surface area contributed by atoms with Gasteiger partial charge in [0.25, 0.3) is 0 Å². The minimum atomic E-state index is 0. The summed E-state index contributed by atoms with van der Waals surface area (Å²) >= 11 is 5.80. The molecule has 142 valence electrons. The molecule has 0 amide bonds.